The maximum Gasteiger partial charge on any atom is 0.322 e. The lowest BCUT2D eigenvalue weighted by atomic mass is 9.97. The molecule has 0 aromatic heterocycles. The Labute approximate surface area is 151 Å². The molecule has 0 aliphatic carbocycles. The first-order valence-electron chi connectivity index (χ1n) is 8.18. The van der Waals surface area contributed by atoms with Crippen LogP contribution >= 0.6 is 0 Å². The zero-order chi connectivity index (χ0) is 20.3. The van der Waals surface area contributed by atoms with Crippen molar-refractivity contribution in [2.24, 2.45) is 17.4 Å². The number of amides is 4. The fraction of sp³-hybridized carbons (Fsp3) is 0.667. The van der Waals surface area contributed by atoms with Crippen LogP contribution in [0.2, 0.25) is 0 Å². The molecule has 11 nitrogen and oxygen atoms in total. The Morgan fingerprint density at radius 1 is 1.04 bits per heavy atom. The fourth-order valence-corrected chi connectivity index (χ4v) is 1.91. The van der Waals surface area contributed by atoms with Gasteiger partial charge in [-0.3, -0.25) is 24.0 Å². The maximum absolute atomic E-state index is 12.3. The summed E-state index contributed by atoms with van der Waals surface area (Å²) in [5.74, 6) is -3.92. The Morgan fingerprint density at radius 3 is 2.15 bits per heavy atom. The van der Waals surface area contributed by atoms with Crippen molar-refractivity contribution < 1.29 is 29.1 Å². The van der Waals surface area contributed by atoms with Crippen molar-refractivity contribution in [1.29, 1.82) is 0 Å². The average molecular weight is 373 g/mol. The van der Waals surface area contributed by atoms with E-state index in [1.807, 2.05) is 6.92 Å². The van der Waals surface area contributed by atoms with Crippen molar-refractivity contribution in [3.63, 3.8) is 0 Å². The Kier molecular flexibility index (Phi) is 10.6. The molecule has 0 radical (unpaired) electrons. The molecule has 148 valence electrons. The standard InChI is InChI=1S/C15H27N5O6/c1-3-8(2)13(20-14(25)9(16)4-5-10(17)21)15(26)19-6-11(22)18-7-12(23)24/h8-9,13H,3-7,16H2,1-2H3,(H2,17,21)(H,18,22)(H,19,26)(H,20,25)(H,23,24). The Bertz CT molecular complexity index is 539. The highest BCUT2D eigenvalue weighted by molar-refractivity contribution is 5.92. The van der Waals surface area contributed by atoms with E-state index in [1.165, 1.54) is 0 Å². The van der Waals surface area contributed by atoms with Crippen molar-refractivity contribution in [3.05, 3.63) is 0 Å². The zero-order valence-electron chi connectivity index (χ0n) is 14.9. The molecule has 0 rings (SSSR count). The first kappa shape index (κ1) is 23.3. The summed E-state index contributed by atoms with van der Waals surface area (Å²) in [6.07, 6.45) is 0.562. The fourth-order valence-electron chi connectivity index (χ4n) is 1.91. The molecule has 26 heavy (non-hydrogen) atoms. The maximum atomic E-state index is 12.3. The molecule has 0 bridgehead atoms. The van der Waals surface area contributed by atoms with Gasteiger partial charge in [0.15, 0.2) is 0 Å². The number of rotatable bonds is 12. The molecule has 0 saturated carbocycles. The first-order valence-corrected chi connectivity index (χ1v) is 8.18. The van der Waals surface area contributed by atoms with E-state index in [2.05, 4.69) is 16.0 Å². The first-order chi connectivity index (χ1) is 12.1. The minimum Gasteiger partial charge on any atom is -0.480 e. The number of aliphatic carboxylic acids is 1. The number of carboxylic acid groups (broad SMARTS) is 1. The number of nitrogens with one attached hydrogen (secondary N) is 3. The third-order valence-corrected chi connectivity index (χ3v) is 3.69. The second kappa shape index (κ2) is 11.8. The van der Waals surface area contributed by atoms with Gasteiger partial charge in [-0.05, 0) is 12.3 Å². The number of carboxylic acids is 1. The molecule has 3 unspecified atom stereocenters. The average Bonchev–Trinajstić information content (AvgIpc) is 2.59. The SMILES string of the molecule is CCC(C)C(NC(=O)C(N)CCC(N)=O)C(=O)NCC(=O)NCC(=O)O. The second-order valence-electron chi connectivity index (χ2n) is 5.87. The van der Waals surface area contributed by atoms with E-state index in [-0.39, 0.29) is 18.8 Å². The van der Waals surface area contributed by atoms with Crippen molar-refractivity contribution in [3.8, 4) is 0 Å². The summed E-state index contributed by atoms with van der Waals surface area (Å²) in [5.41, 5.74) is 10.7. The molecule has 0 spiro atoms. The molecule has 0 aromatic rings. The number of hydrogen-bond donors (Lipinski definition) is 6. The van der Waals surface area contributed by atoms with Crippen LogP contribution in [0.4, 0.5) is 0 Å². The van der Waals surface area contributed by atoms with Crippen LogP contribution in [0.3, 0.4) is 0 Å². The highest BCUT2D eigenvalue weighted by Crippen LogP contribution is 2.08. The Hall–Kier alpha value is -2.69. The van der Waals surface area contributed by atoms with Gasteiger partial charge in [0.1, 0.15) is 12.6 Å². The van der Waals surface area contributed by atoms with E-state index in [1.54, 1.807) is 6.92 Å². The van der Waals surface area contributed by atoms with E-state index in [9.17, 15) is 24.0 Å². The van der Waals surface area contributed by atoms with Gasteiger partial charge >= 0.3 is 5.97 Å². The van der Waals surface area contributed by atoms with Crippen LogP contribution in [0.15, 0.2) is 0 Å². The normalized spacial score (nSPS) is 13.8. The lowest BCUT2D eigenvalue weighted by Gasteiger charge is -2.25. The van der Waals surface area contributed by atoms with Crippen molar-refractivity contribution in [2.45, 2.75) is 45.2 Å². The van der Waals surface area contributed by atoms with E-state index in [4.69, 9.17) is 16.6 Å². The Balaban J connectivity index is 4.69. The van der Waals surface area contributed by atoms with Gasteiger partial charge in [0.2, 0.25) is 23.6 Å². The van der Waals surface area contributed by atoms with Crippen LogP contribution in [0.25, 0.3) is 0 Å². The molecule has 0 aliphatic rings. The molecule has 0 saturated heterocycles. The summed E-state index contributed by atoms with van der Waals surface area (Å²) in [6, 6.07) is -1.93. The number of carbonyl (C=O) groups is 5. The predicted octanol–water partition coefficient (Wildman–Crippen LogP) is -2.57. The number of primary amides is 1. The van der Waals surface area contributed by atoms with E-state index in [0.717, 1.165) is 0 Å². The van der Waals surface area contributed by atoms with Crippen molar-refractivity contribution in [1.82, 2.24) is 16.0 Å². The molecule has 0 fully saturated rings. The lowest BCUT2D eigenvalue weighted by Crippen LogP contribution is -2.55. The molecule has 0 heterocycles. The van der Waals surface area contributed by atoms with Gasteiger partial charge in [-0.1, -0.05) is 20.3 Å². The summed E-state index contributed by atoms with van der Waals surface area (Å²) >= 11 is 0. The van der Waals surface area contributed by atoms with Crippen LogP contribution in [-0.4, -0.2) is 59.9 Å². The van der Waals surface area contributed by atoms with E-state index in [0.29, 0.717) is 6.42 Å². The second-order valence-corrected chi connectivity index (χ2v) is 5.87. The van der Waals surface area contributed by atoms with Crippen LogP contribution in [0, 0.1) is 5.92 Å². The third kappa shape index (κ3) is 9.57. The smallest absolute Gasteiger partial charge is 0.322 e. The van der Waals surface area contributed by atoms with Gasteiger partial charge in [-0.15, -0.1) is 0 Å². The van der Waals surface area contributed by atoms with E-state index >= 15 is 0 Å². The predicted molar refractivity (Wildman–Crippen MR) is 91.4 cm³/mol. The summed E-state index contributed by atoms with van der Waals surface area (Å²) in [7, 11) is 0. The highest BCUT2D eigenvalue weighted by Gasteiger charge is 2.28. The quantitative estimate of drug-likeness (QED) is 0.216. The summed E-state index contributed by atoms with van der Waals surface area (Å²) in [5, 5.41) is 15.4. The molecule has 11 heteroatoms. The molecular formula is C15H27N5O6. The van der Waals surface area contributed by atoms with Gasteiger partial charge in [-0.2, -0.15) is 0 Å². The third-order valence-electron chi connectivity index (χ3n) is 3.69. The number of nitrogens with two attached hydrogens (primary N) is 2. The minimum absolute atomic E-state index is 0.0492. The van der Waals surface area contributed by atoms with Gasteiger partial charge in [-0.25, -0.2) is 0 Å². The summed E-state index contributed by atoms with van der Waals surface area (Å²) in [4.78, 5) is 56.9. The summed E-state index contributed by atoms with van der Waals surface area (Å²) in [6.45, 7) is 2.57. The number of carbonyl (C=O) groups excluding carboxylic acids is 4. The lowest BCUT2D eigenvalue weighted by molar-refractivity contribution is -0.138. The topological polar surface area (TPSA) is 194 Å². The molecule has 0 aliphatic heterocycles. The van der Waals surface area contributed by atoms with Crippen LogP contribution in [0.5, 0.6) is 0 Å². The van der Waals surface area contributed by atoms with Gasteiger partial charge in [0, 0.05) is 6.42 Å². The monoisotopic (exact) mass is 373 g/mol. The molecule has 3 atom stereocenters. The Morgan fingerprint density at radius 2 is 1.65 bits per heavy atom. The largest absolute Gasteiger partial charge is 0.480 e. The molecule has 0 aromatic carbocycles. The van der Waals surface area contributed by atoms with Gasteiger partial charge in [0.25, 0.3) is 0 Å². The van der Waals surface area contributed by atoms with E-state index < -0.39 is 54.8 Å². The van der Waals surface area contributed by atoms with Crippen LogP contribution in [-0.2, 0) is 24.0 Å². The molecular weight excluding hydrogens is 346 g/mol. The van der Waals surface area contributed by atoms with Crippen LogP contribution < -0.4 is 27.4 Å². The van der Waals surface area contributed by atoms with Gasteiger partial charge < -0.3 is 32.5 Å². The summed E-state index contributed by atoms with van der Waals surface area (Å²) < 4.78 is 0. The minimum atomic E-state index is -1.21. The highest BCUT2D eigenvalue weighted by atomic mass is 16.4. The molecule has 8 N–H and O–H groups in total. The van der Waals surface area contributed by atoms with Crippen molar-refractivity contribution in [2.75, 3.05) is 13.1 Å². The van der Waals surface area contributed by atoms with Gasteiger partial charge in [0.05, 0.1) is 12.6 Å². The zero-order valence-corrected chi connectivity index (χ0v) is 14.9. The van der Waals surface area contributed by atoms with Crippen LogP contribution in [0.1, 0.15) is 33.1 Å². The molecule has 4 amide bonds. The number of hydrogen-bond acceptors (Lipinski definition) is 6. The van der Waals surface area contributed by atoms with Crippen molar-refractivity contribution >= 4 is 29.6 Å².